The fourth-order valence-electron chi connectivity index (χ4n) is 5.44. The number of nitrogens with zero attached hydrogens (tertiary/aromatic N) is 3. The van der Waals surface area contributed by atoms with Crippen molar-refractivity contribution in [3.8, 4) is 0 Å². The molecule has 3 N–H and O–H groups in total. The smallest absolute Gasteiger partial charge is 0.384 e. The lowest BCUT2D eigenvalue weighted by Gasteiger charge is -2.40. The Hall–Kier alpha value is -2.04. The van der Waals surface area contributed by atoms with Gasteiger partial charge in [-0.15, -0.1) is 0 Å². The molecule has 3 amide bonds. The average molecular weight is 481 g/mol. The second kappa shape index (κ2) is 10.5. The largest absolute Gasteiger partial charge is 0.424 e. The van der Waals surface area contributed by atoms with Crippen LogP contribution in [-0.4, -0.2) is 64.6 Å². The summed E-state index contributed by atoms with van der Waals surface area (Å²) in [5.74, 6) is -0.0427. The van der Waals surface area contributed by atoms with Gasteiger partial charge in [0, 0.05) is 31.6 Å². The number of urea groups is 1. The number of anilines is 1. The Morgan fingerprint density at radius 1 is 1.24 bits per heavy atom. The summed E-state index contributed by atoms with van der Waals surface area (Å²) in [7, 11) is -3.61. The maximum Gasteiger partial charge on any atom is 0.424 e. The van der Waals surface area contributed by atoms with Crippen molar-refractivity contribution in [3.05, 3.63) is 23.9 Å². The van der Waals surface area contributed by atoms with Crippen LogP contribution < -0.4 is 11.1 Å². The van der Waals surface area contributed by atoms with Crippen molar-refractivity contribution in [1.29, 1.82) is 0 Å². The number of carbonyl (C=O) groups excluding carboxylic acids is 2. The highest BCUT2D eigenvalue weighted by Crippen LogP contribution is 2.33. The van der Waals surface area contributed by atoms with Crippen LogP contribution in [0.2, 0.25) is 0 Å². The number of hydrogen-bond acceptors (Lipinski definition) is 6. The lowest BCUT2D eigenvalue weighted by atomic mass is 9.94. The summed E-state index contributed by atoms with van der Waals surface area (Å²) in [5.41, 5.74) is 6.53. The molecule has 184 valence electrons. The first-order valence-corrected chi connectivity index (χ1v) is 13.7. The highest BCUT2D eigenvalue weighted by atomic mass is 32.2. The Balaban J connectivity index is 1.88. The average Bonchev–Trinajstić information content (AvgIpc) is 3.19. The van der Waals surface area contributed by atoms with Gasteiger partial charge in [-0.3, -0.25) is 0 Å². The van der Waals surface area contributed by atoms with Crippen LogP contribution in [0.4, 0.5) is 10.6 Å². The van der Waals surface area contributed by atoms with Crippen LogP contribution in [0.5, 0.6) is 0 Å². The predicted molar refractivity (Wildman–Crippen MR) is 127 cm³/mol. The number of pyridine rings is 1. The van der Waals surface area contributed by atoms with E-state index in [2.05, 4.69) is 10.3 Å². The summed E-state index contributed by atoms with van der Waals surface area (Å²) >= 11 is 0. The minimum atomic E-state index is -3.61. The monoisotopic (exact) mass is 480 g/mol. The highest BCUT2D eigenvalue weighted by molar-refractivity contribution is 7.89. The van der Waals surface area contributed by atoms with Crippen molar-refractivity contribution >= 4 is 27.8 Å². The summed E-state index contributed by atoms with van der Waals surface area (Å²) in [5, 5.41) is 2.91. The van der Waals surface area contributed by atoms with Gasteiger partial charge in [-0.2, -0.15) is 8.79 Å². The number of nitrogens with two attached hydrogens (primary N) is 1. The number of carbonyl (C=O) groups is 2. The van der Waals surface area contributed by atoms with Gasteiger partial charge in [-0.05, 0) is 51.3 Å². The van der Waals surface area contributed by atoms with Gasteiger partial charge in [0.25, 0.3) is 0 Å². The van der Waals surface area contributed by atoms with E-state index in [1.54, 1.807) is 32.2 Å². The molecule has 0 spiro atoms. The van der Waals surface area contributed by atoms with Gasteiger partial charge in [0.1, 0.15) is 17.9 Å². The van der Waals surface area contributed by atoms with Crippen LogP contribution in [0.1, 0.15) is 71.3 Å². The summed E-state index contributed by atoms with van der Waals surface area (Å²) < 4.78 is 27.3. The van der Waals surface area contributed by atoms with Crippen LogP contribution in [0.15, 0.2) is 18.3 Å². The van der Waals surface area contributed by atoms with Crippen molar-refractivity contribution in [2.24, 2.45) is 0 Å². The number of nitrogen functional groups attached to an aromatic ring is 1. The van der Waals surface area contributed by atoms with Gasteiger partial charge in [0.2, 0.25) is 10.0 Å². The second-order valence-corrected chi connectivity index (χ2v) is 11.5. The lowest BCUT2D eigenvalue weighted by Crippen LogP contribution is -2.67. The van der Waals surface area contributed by atoms with Crippen molar-refractivity contribution in [3.63, 3.8) is 0 Å². The Morgan fingerprint density at radius 2 is 1.94 bits per heavy atom. The molecular formula is C23H38N5O4S+. The third kappa shape index (κ3) is 5.22. The van der Waals surface area contributed by atoms with Crippen molar-refractivity contribution in [2.75, 3.05) is 18.0 Å². The Labute approximate surface area is 197 Å². The van der Waals surface area contributed by atoms with Gasteiger partial charge in [-0.1, -0.05) is 19.3 Å². The molecule has 1 saturated heterocycles. The first-order chi connectivity index (χ1) is 15.6. The van der Waals surface area contributed by atoms with Crippen LogP contribution in [0, 0.1) is 0 Å². The van der Waals surface area contributed by atoms with Crippen LogP contribution in [0.3, 0.4) is 0 Å². The Morgan fingerprint density at radius 3 is 2.52 bits per heavy atom. The third-order valence-corrected chi connectivity index (χ3v) is 9.28. The van der Waals surface area contributed by atoms with E-state index in [0.29, 0.717) is 12.4 Å². The van der Waals surface area contributed by atoms with Crippen molar-refractivity contribution < 1.29 is 22.5 Å². The molecule has 0 aromatic carbocycles. The number of quaternary nitrogens is 1. The Kier molecular flexibility index (Phi) is 8.13. The van der Waals surface area contributed by atoms with Gasteiger partial charge in [0.15, 0.2) is 0 Å². The maximum absolute atomic E-state index is 14.0. The van der Waals surface area contributed by atoms with Gasteiger partial charge >= 0.3 is 11.9 Å². The SMILES string of the molecule is CCS(=O)(=O)N(C1CCCCC1)[C@@H](C)C(=O)[N+]1(C(=O)NCc2ccnc(N)c2)CCC[C@H]1C. The van der Waals surface area contributed by atoms with Crippen LogP contribution in [0.25, 0.3) is 0 Å². The molecule has 1 aliphatic carbocycles. The fraction of sp³-hybridized carbons (Fsp3) is 0.696. The number of amides is 3. The standard InChI is InChI=1S/C23H37N5O4S/c1-4-33(31,32)27(20-10-6-5-7-11-20)18(3)22(29)28(14-8-9-17(28)2)23(30)26-16-19-12-13-25-21(24)15-19/h12-13,15,17-18,20H,4-11,14,16H2,1-3H3,(H2-,24,25,26,30)/p+1/t17-,18+,28?/m1/s1. The molecule has 1 unspecified atom stereocenters. The molecule has 9 nitrogen and oxygen atoms in total. The normalized spacial score (nSPS) is 25.2. The van der Waals surface area contributed by atoms with E-state index in [-0.39, 0.29) is 40.8 Å². The number of likely N-dealkylation sites (tertiary alicyclic amines) is 1. The predicted octanol–water partition coefficient (Wildman–Crippen LogP) is 2.77. The van der Waals surface area contributed by atoms with E-state index in [9.17, 15) is 18.0 Å². The quantitative estimate of drug-likeness (QED) is 0.579. The highest BCUT2D eigenvalue weighted by Gasteiger charge is 2.56. The molecule has 2 aliphatic rings. The summed E-state index contributed by atoms with van der Waals surface area (Å²) in [4.78, 5) is 31.5. The first kappa shape index (κ1) is 25.6. The molecule has 33 heavy (non-hydrogen) atoms. The van der Waals surface area contributed by atoms with E-state index in [4.69, 9.17) is 5.73 Å². The minimum Gasteiger partial charge on any atom is -0.384 e. The van der Waals surface area contributed by atoms with Gasteiger partial charge in [-0.25, -0.2) is 23.0 Å². The third-order valence-electron chi connectivity index (χ3n) is 7.29. The molecule has 1 aromatic heterocycles. The molecule has 3 atom stereocenters. The lowest BCUT2D eigenvalue weighted by molar-refractivity contribution is -0.786. The zero-order valence-corrected chi connectivity index (χ0v) is 20.8. The number of hydrogen-bond donors (Lipinski definition) is 2. The zero-order chi connectivity index (χ0) is 24.2. The molecule has 1 aromatic rings. The van der Waals surface area contributed by atoms with Crippen molar-refractivity contribution in [2.45, 2.75) is 90.4 Å². The topological polar surface area (TPSA) is 122 Å². The molecule has 2 heterocycles. The number of aromatic nitrogens is 1. The Bertz CT molecular complexity index is 963. The zero-order valence-electron chi connectivity index (χ0n) is 20.0. The number of rotatable bonds is 7. The second-order valence-electron chi connectivity index (χ2n) is 9.37. The van der Waals surface area contributed by atoms with E-state index in [1.165, 1.54) is 4.31 Å². The maximum atomic E-state index is 14.0. The fourth-order valence-corrected chi connectivity index (χ4v) is 6.98. The summed E-state index contributed by atoms with van der Waals surface area (Å²) in [6.07, 6.45) is 7.53. The molecule has 2 fully saturated rings. The molecule has 3 rings (SSSR count). The van der Waals surface area contributed by atoms with Gasteiger partial charge in [0.05, 0.1) is 12.3 Å². The molecule has 1 saturated carbocycles. The number of sulfonamides is 1. The number of imide groups is 1. The van der Waals surface area contributed by atoms with E-state index < -0.39 is 16.1 Å². The summed E-state index contributed by atoms with van der Waals surface area (Å²) in [6.45, 7) is 5.77. The molecular weight excluding hydrogens is 442 g/mol. The van der Waals surface area contributed by atoms with E-state index in [0.717, 1.165) is 50.5 Å². The van der Waals surface area contributed by atoms with Crippen LogP contribution >= 0.6 is 0 Å². The molecule has 10 heteroatoms. The van der Waals surface area contributed by atoms with Gasteiger partial charge < -0.3 is 11.1 Å². The number of nitrogens with one attached hydrogen (secondary N) is 1. The van der Waals surface area contributed by atoms with E-state index in [1.807, 2.05) is 6.92 Å². The van der Waals surface area contributed by atoms with E-state index >= 15 is 0 Å². The van der Waals surface area contributed by atoms with Crippen molar-refractivity contribution in [1.82, 2.24) is 14.6 Å². The summed E-state index contributed by atoms with van der Waals surface area (Å²) in [6, 6.07) is 1.74. The minimum absolute atomic E-state index is 0.0632. The molecule has 0 bridgehead atoms. The molecule has 1 aliphatic heterocycles. The first-order valence-electron chi connectivity index (χ1n) is 12.1. The van der Waals surface area contributed by atoms with Crippen LogP contribution in [-0.2, 0) is 21.4 Å². The molecule has 0 radical (unpaired) electrons.